The van der Waals surface area contributed by atoms with Crippen molar-refractivity contribution < 1.29 is 14.6 Å². The number of carboxylic acids is 1. The summed E-state index contributed by atoms with van der Waals surface area (Å²) < 4.78 is 5.80. The molecule has 0 spiro atoms. The van der Waals surface area contributed by atoms with Crippen molar-refractivity contribution in [3.63, 3.8) is 0 Å². The molecule has 0 amide bonds. The molecule has 1 aliphatic rings. The molecule has 0 saturated heterocycles. The normalized spacial score (nSPS) is 19.2. The number of rotatable bonds is 9. The summed E-state index contributed by atoms with van der Waals surface area (Å²) in [6, 6.07) is 14.1. The fourth-order valence-corrected chi connectivity index (χ4v) is 3.59. The third kappa shape index (κ3) is 5.48. The number of nitrogens with one attached hydrogen (secondary N) is 1. The van der Waals surface area contributed by atoms with E-state index in [2.05, 4.69) is 22.4 Å². The molecule has 138 valence electrons. The number of anilines is 1. The first-order valence-corrected chi connectivity index (χ1v) is 9.30. The number of pyridine rings is 1. The van der Waals surface area contributed by atoms with Gasteiger partial charge in [0.25, 0.3) is 0 Å². The number of carboxylic acid groups (broad SMARTS) is 1. The van der Waals surface area contributed by atoms with Crippen molar-refractivity contribution in [3.05, 3.63) is 54.2 Å². The van der Waals surface area contributed by atoms with Gasteiger partial charge in [-0.25, -0.2) is 4.98 Å². The van der Waals surface area contributed by atoms with Crippen molar-refractivity contribution in [2.24, 2.45) is 5.92 Å². The van der Waals surface area contributed by atoms with Gasteiger partial charge in [0.15, 0.2) is 0 Å². The fourth-order valence-electron chi connectivity index (χ4n) is 3.59. The van der Waals surface area contributed by atoms with Gasteiger partial charge in [-0.3, -0.25) is 4.79 Å². The average molecular weight is 354 g/mol. The van der Waals surface area contributed by atoms with Gasteiger partial charge in [-0.15, -0.1) is 0 Å². The molecule has 1 saturated carbocycles. The molecule has 0 aliphatic heterocycles. The highest BCUT2D eigenvalue weighted by Gasteiger charge is 2.27. The number of ether oxygens (including phenoxy) is 1. The highest BCUT2D eigenvalue weighted by molar-refractivity contribution is 5.67. The molecule has 0 bridgehead atoms. The average Bonchev–Trinajstić information content (AvgIpc) is 3.10. The molecule has 5 heteroatoms. The summed E-state index contributed by atoms with van der Waals surface area (Å²) in [6.45, 7) is 1.48. The van der Waals surface area contributed by atoms with Crippen LogP contribution in [0.1, 0.15) is 43.6 Å². The summed E-state index contributed by atoms with van der Waals surface area (Å²) >= 11 is 0. The molecular weight excluding hydrogens is 328 g/mol. The molecule has 3 rings (SSSR count). The molecule has 26 heavy (non-hydrogen) atoms. The maximum atomic E-state index is 10.8. The van der Waals surface area contributed by atoms with Crippen molar-refractivity contribution in [1.29, 1.82) is 0 Å². The minimum atomic E-state index is -0.683. The molecule has 1 fully saturated rings. The first-order chi connectivity index (χ1) is 12.7. The van der Waals surface area contributed by atoms with Crippen LogP contribution in [0.3, 0.4) is 0 Å². The van der Waals surface area contributed by atoms with E-state index in [1.54, 1.807) is 6.20 Å². The first kappa shape index (κ1) is 18.2. The van der Waals surface area contributed by atoms with E-state index in [1.807, 2.05) is 30.3 Å². The van der Waals surface area contributed by atoms with Gasteiger partial charge in [0.05, 0.1) is 6.61 Å². The zero-order valence-electron chi connectivity index (χ0n) is 14.9. The molecule has 2 N–H and O–H groups in total. The lowest BCUT2D eigenvalue weighted by Crippen LogP contribution is -2.08. The number of aliphatic carboxylic acids is 1. The maximum Gasteiger partial charge on any atom is 0.303 e. The Balaban J connectivity index is 1.37. The van der Waals surface area contributed by atoms with Gasteiger partial charge in [0.2, 0.25) is 0 Å². The lowest BCUT2D eigenvalue weighted by Gasteiger charge is -2.12. The topological polar surface area (TPSA) is 71.5 Å². The summed E-state index contributed by atoms with van der Waals surface area (Å²) in [5.41, 5.74) is 1.29. The quantitative estimate of drug-likeness (QED) is 0.656. The monoisotopic (exact) mass is 354 g/mol. The molecule has 2 atom stereocenters. The summed E-state index contributed by atoms with van der Waals surface area (Å²) in [4.78, 5) is 15.1. The highest BCUT2D eigenvalue weighted by Crippen LogP contribution is 2.40. The zero-order chi connectivity index (χ0) is 18.2. The Labute approximate surface area is 154 Å². The predicted molar refractivity (Wildman–Crippen MR) is 102 cm³/mol. The fraction of sp³-hybridized carbons (Fsp3) is 0.429. The van der Waals surface area contributed by atoms with Crippen LogP contribution in [-0.2, 0) is 4.79 Å². The molecule has 1 aromatic heterocycles. The minimum Gasteiger partial charge on any atom is -0.494 e. The van der Waals surface area contributed by atoms with Crippen LogP contribution in [0.25, 0.3) is 0 Å². The largest absolute Gasteiger partial charge is 0.494 e. The van der Waals surface area contributed by atoms with Crippen molar-refractivity contribution >= 4 is 11.8 Å². The van der Waals surface area contributed by atoms with Crippen molar-refractivity contribution in [2.75, 3.05) is 18.5 Å². The van der Waals surface area contributed by atoms with Gasteiger partial charge in [-0.05, 0) is 67.3 Å². The van der Waals surface area contributed by atoms with Crippen LogP contribution in [0.15, 0.2) is 48.7 Å². The number of carbonyl (C=O) groups is 1. The second kappa shape index (κ2) is 9.22. The van der Waals surface area contributed by atoms with E-state index >= 15 is 0 Å². The van der Waals surface area contributed by atoms with E-state index in [-0.39, 0.29) is 0 Å². The predicted octanol–water partition coefficient (Wildman–Crippen LogP) is 4.32. The van der Waals surface area contributed by atoms with Crippen LogP contribution in [-0.4, -0.2) is 29.2 Å². The molecule has 0 radical (unpaired) electrons. The molecule has 2 aromatic rings. The zero-order valence-corrected chi connectivity index (χ0v) is 14.9. The van der Waals surface area contributed by atoms with Gasteiger partial charge in [0.1, 0.15) is 11.6 Å². The standard InChI is InChI=1S/C21H26N2O3/c24-21(25)15-16-5-6-18(14-16)17-7-9-19(10-8-17)26-13-3-12-23-20-4-1-2-11-22-20/h1-2,4,7-11,16,18H,3,5-6,12-15H2,(H,22,23)(H,24,25). The Morgan fingerprint density at radius 3 is 2.77 bits per heavy atom. The van der Waals surface area contributed by atoms with E-state index < -0.39 is 5.97 Å². The number of nitrogens with zero attached hydrogens (tertiary/aromatic N) is 1. The number of hydrogen-bond acceptors (Lipinski definition) is 4. The van der Waals surface area contributed by atoms with Gasteiger partial charge < -0.3 is 15.2 Å². The number of hydrogen-bond donors (Lipinski definition) is 2. The minimum absolute atomic E-state index is 0.296. The van der Waals surface area contributed by atoms with Crippen LogP contribution in [0.2, 0.25) is 0 Å². The SMILES string of the molecule is O=C(O)CC1CCC(c2ccc(OCCCNc3ccccn3)cc2)C1. The first-order valence-electron chi connectivity index (χ1n) is 9.30. The Bertz CT molecular complexity index is 688. The van der Waals surface area contributed by atoms with Crippen molar-refractivity contribution in [2.45, 2.75) is 38.0 Å². The summed E-state index contributed by atoms with van der Waals surface area (Å²) in [6.07, 6.45) is 6.04. The second-order valence-corrected chi connectivity index (χ2v) is 6.89. The smallest absolute Gasteiger partial charge is 0.303 e. The van der Waals surface area contributed by atoms with E-state index in [9.17, 15) is 4.79 Å². The van der Waals surface area contributed by atoms with Crippen molar-refractivity contribution in [3.8, 4) is 5.75 Å². The Kier molecular flexibility index (Phi) is 6.47. The Morgan fingerprint density at radius 1 is 1.19 bits per heavy atom. The molecule has 5 nitrogen and oxygen atoms in total. The molecule has 1 aliphatic carbocycles. The summed E-state index contributed by atoms with van der Waals surface area (Å²) in [5.74, 6) is 1.88. The third-order valence-corrected chi connectivity index (χ3v) is 4.92. The van der Waals surface area contributed by atoms with Gasteiger partial charge >= 0.3 is 5.97 Å². The van der Waals surface area contributed by atoms with E-state index in [0.717, 1.165) is 43.8 Å². The van der Waals surface area contributed by atoms with Gasteiger partial charge in [0, 0.05) is 19.2 Å². The van der Waals surface area contributed by atoms with Crippen LogP contribution in [0.5, 0.6) is 5.75 Å². The van der Waals surface area contributed by atoms with E-state index in [1.165, 1.54) is 5.56 Å². The summed E-state index contributed by atoms with van der Waals surface area (Å²) in [7, 11) is 0. The number of aromatic nitrogens is 1. The van der Waals surface area contributed by atoms with E-state index in [4.69, 9.17) is 9.84 Å². The van der Waals surface area contributed by atoms with Crippen LogP contribution in [0, 0.1) is 5.92 Å². The second-order valence-electron chi connectivity index (χ2n) is 6.89. The van der Waals surface area contributed by atoms with E-state index in [0.29, 0.717) is 24.9 Å². The Hall–Kier alpha value is -2.56. The maximum absolute atomic E-state index is 10.8. The molecular formula is C21H26N2O3. The van der Waals surface area contributed by atoms with Crippen LogP contribution >= 0.6 is 0 Å². The summed E-state index contributed by atoms with van der Waals surface area (Å²) in [5, 5.41) is 12.2. The third-order valence-electron chi connectivity index (χ3n) is 4.92. The molecule has 1 aromatic carbocycles. The van der Waals surface area contributed by atoms with Crippen LogP contribution in [0.4, 0.5) is 5.82 Å². The number of benzene rings is 1. The molecule has 2 unspecified atom stereocenters. The lowest BCUT2D eigenvalue weighted by molar-refractivity contribution is -0.138. The van der Waals surface area contributed by atoms with Crippen molar-refractivity contribution in [1.82, 2.24) is 4.98 Å². The van der Waals surface area contributed by atoms with Crippen LogP contribution < -0.4 is 10.1 Å². The van der Waals surface area contributed by atoms with Gasteiger partial charge in [-0.1, -0.05) is 18.2 Å². The Morgan fingerprint density at radius 2 is 2.04 bits per heavy atom. The highest BCUT2D eigenvalue weighted by atomic mass is 16.5. The lowest BCUT2D eigenvalue weighted by atomic mass is 9.95. The molecule has 1 heterocycles. The van der Waals surface area contributed by atoms with Gasteiger partial charge in [-0.2, -0.15) is 0 Å².